The molecule has 29 heavy (non-hydrogen) atoms. The van der Waals surface area contributed by atoms with Gasteiger partial charge in [0, 0.05) is 25.3 Å². The van der Waals surface area contributed by atoms with E-state index in [1.54, 1.807) is 29.3 Å². The standard InChI is InChI=1S/C20H23FN4O4/c21-14-1-3-16(4-2-14)28-12-17-11-25(19(26)13-29-17)15-6-9-24(10-7-15)20(27)18-5-8-22-23-18/h1-5,8,15,17H,6-7,9-13H2,(H,22,23). The maximum atomic E-state index is 13.0. The second-order valence-electron chi connectivity index (χ2n) is 7.24. The summed E-state index contributed by atoms with van der Waals surface area (Å²) in [6.45, 7) is 1.92. The van der Waals surface area contributed by atoms with Crippen molar-refractivity contribution in [2.24, 2.45) is 0 Å². The number of carbonyl (C=O) groups excluding carboxylic acids is 2. The zero-order valence-electron chi connectivity index (χ0n) is 15.9. The Balaban J connectivity index is 1.29. The van der Waals surface area contributed by atoms with Gasteiger partial charge in [-0.05, 0) is 43.2 Å². The fraction of sp³-hybridized carbons (Fsp3) is 0.450. The first-order chi connectivity index (χ1) is 14.1. The summed E-state index contributed by atoms with van der Waals surface area (Å²) in [5.41, 5.74) is 0.476. The van der Waals surface area contributed by atoms with Crippen LogP contribution in [-0.2, 0) is 9.53 Å². The fourth-order valence-electron chi connectivity index (χ4n) is 3.75. The van der Waals surface area contributed by atoms with Crippen LogP contribution in [0.15, 0.2) is 36.5 Å². The van der Waals surface area contributed by atoms with Gasteiger partial charge < -0.3 is 19.3 Å². The Morgan fingerprint density at radius 2 is 2.00 bits per heavy atom. The van der Waals surface area contributed by atoms with E-state index in [2.05, 4.69) is 10.2 Å². The van der Waals surface area contributed by atoms with E-state index in [1.807, 2.05) is 4.90 Å². The number of nitrogens with zero attached hydrogens (tertiary/aromatic N) is 3. The molecule has 9 heteroatoms. The number of piperidine rings is 1. The molecule has 2 saturated heterocycles. The van der Waals surface area contributed by atoms with Gasteiger partial charge in [-0.2, -0.15) is 5.10 Å². The topological polar surface area (TPSA) is 87.8 Å². The van der Waals surface area contributed by atoms with Gasteiger partial charge in [-0.3, -0.25) is 14.7 Å². The molecule has 1 atom stereocenters. The Hall–Kier alpha value is -2.94. The molecule has 4 rings (SSSR count). The summed E-state index contributed by atoms with van der Waals surface area (Å²) in [7, 11) is 0. The van der Waals surface area contributed by atoms with Gasteiger partial charge >= 0.3 is 0 Å². The highest BCUT2D eigenvalue weighted by Gasteiger charge is 2.34. The van der Waals surface area contributed by atoms with Crippen molar-refractivity contribution in [1.82, 2.24) is 20.0 Å². The van der Waals surface area contributed by atoms with Crippen LogP contribution in [0.1, 0.15) is 23.3 Å². The minimum absolute atomic E-state index is 0.0186. The van der Waals surface area contributed by atoms with Crippen LogP contribution in [0.3, 0.4) is 0 Å². The van der Waals surface area contributed by atoms with E-state index in [-0.39, 0.29) is 43.0 Å². The molecule has 0 bridgehead atoms. The number of halogens is 1. The van der Waals surface area contributed by atoms with Gasteiger partial charge in [0.15, 0.2) is 0 Å². The van der Waals surface area contributed by atoms with Crippen molar-refractivity contribution in [3.05, 3.63) is 48.0 Å². The van der Waals surface area contributed by atoms with Crippen LogP contribution in [-0.4, -0.2) is 76.8 Å². The van der Waals surface area contributed by atoms with E-state index in [1.165, 1.54) is 12.1 Å². The van der Waals surface area contributed by atoms with E-state index < -0.39 is 0 Å². The Labute approximate surface area is 167 Å². The van der Waals surface area contributed by atoms with Crippen molar-refractivity contribution < 1.29 is 23.5 Å². The van der Waals surface area contributed by atoms with Crippen LogP contribution in [0.25, 0.3) is 0 Å². The second-order valence-corrected chi connectivity index (χ2v) is 7.24. The van der Waals surface area contributed by atoms with Gasteiger partial charge in [-0.1, -0.05) is 0 Å². The first-order valence-electron chi connectivity index (χ1n) is 9.68. The Morgan fingerprint density at radius 1 is 1.24 bits per heavy atom. The van der Waals surface area contributed by atoms with Crippen LogP contribution in [0.2, 0.25) is 0 Å². The normalized spacial score (nSPS) is 20.7. The number of rotatable bonds is 5. The number of hydrogen-bond acceptors (Lipinski definition) is 5. The summed E-state index contributed by atoms with van der Waals surface area (Å²) in [4.78, 5) is 28.4. The molecule has 2 amide bonds. The molecule has 2 aliphatic heterocycles. The van der Waals surface area contributed by atoms with Crippen molar-refractivity contribution in [2.45, 2.75) is 25.0 Å². The largest absolute Gasteiger partial charge is 0.491 e. The number of morpholine rings is 1. The quantitative estimate of drug-likeness (QED) is 0.818. The number of likely N-dealkylation sites (tertiary alicyclic amines) is 1. The average molecular weight is 402 g/mol. The number of amides is 2. The number of aromatic amines is 1. The van der Waals surface area contributed by atoms with Gasteiger partial charge in [-0.15, -0.1) is 0 Å². The third-order valence-corrected chi connectivity index (χ3v) is 5.34. The Kier molecular flexibility index (Phi) is 5.75. The molecule has 154 valence electrons. The molecule has 0 radical (unpaired) electrons. The lowest BCUT2D eigenvalue weighted by atomic mass is 10.0. The summed E-state index contributed by atoms with van der Waals surface area (Å²) in [6.07, 6.45) is 2.75. The monoisotopic (exact) mass is 402 g/mol. The SMILES string of the molecule is O=C(c1ccn[nH]1)N1CCC(N2CC(COc3ccc(F)cc3)OCC2=O)CC1. The maximum Gasteiger partial charge on any atom is 0.271 e. The molecule has 2 fully saturated rings. The van der Waals surface area contributed by atoms with Crippen molar-refractivity contribution in [3.63, 3.8) is 0 Å². The van der Waals surface area contributed by atoms with E-state index in [4.69, 9.17) is 9.47 Å². The highest BCUT2D eigenvalue weighted by molar-refractivity contribution is 5.92. The molecular weight excluding hydrogens is 379 g/mol. The summed E-state index contributed by atoms with van der Waals surface area (Å²) in [5, 5.41) is 6.51. The Bertz CT molecular complexity index is 835. The van der Waals surface area contributed by atoms with E-state index in [9.17, 15) is 14.0 Å². The molecule has 0 spiro atoms. The number of H-pyrrole nitrogens is 1. The zero-order chi connectivity index (χ0) is 20.2. The van der Waals surface area contributed by atoms with Gasteiger partial charge in [0.25, 0.3) is 5.91 Å². The molecule has 2 aromatic rings. The van der Waals surface area contributed by atoms with Crippen molar-refractivity contribution in [3.8, 4) is 5.75 Å². The minimum atomic E-state index is -0.319. The van der Waals surface area contributed by atoms with Gasteiger partial charge in [-0.25, -0.2) is 4.39 Å². The van der Waals surface area contributed by atoms with Crippen molar-refractivity contribution in [2.75, 3.05) is 32.8 Å². The predicted octanol–water partition coefficient (Wildman–Crippen LogP) is 1.46. The van der Waals surface area contributed by atoms with Gasteiger partial charge in [0.1, 0.15) is 36.6 Å². The first kappa shape index (κ1) is 19.4. The van der Waals surface area contributed by atoms with Crippen LogP contribution >= 0.6 is 0 Å². The van der Waals surface area contributed by atoms with Crippen LogP contribution in [0.4, 0.5) is 4.39 Å². The number of carbonyl (C=O) groups is 2. The first-order valence-corrected chi connectivity index (χ1v) is 9.68. The molecule has 3 heterocycles. The number of aromatic nitrogens is 2. The second kappa shape index (κ2) is 8.60. The Morgan fingerprint density at radius 3 is 2.69 bits per heavy atom. The molecule has 1 N–H and O–H groups in total. The van der Waals surface area contributed by atoms with Crippen LogP contribution < -0.4 is 4.74 Å². The highest BCUT2D eigenvalue weighted by Crippen LogP contribution is 2.22. The van der Waals surface area contributed by atoms with Crippen LogP contribution in [0, 0.1) is 5.82 Å². The molecule has 1 aromatic carbocycles. The molecule has 1 unspecified atom stereocenters. The van der Waals surface area contributed by atoms with E-state index in [0.717, 1.165) is 12.8 Å². The lowest BCUT2D eigenvalue weighted by Gasteiger charge is -2.42. The van der Waals surface area contributed by atoms with Crippen molar-refractivity contribution in [1.29, 1.82) is 0 Å². The van der Waals surface area contributed by atoms with E-state index in [0.29, 0.717) is 31.1 Å². The zero-order valence-corrected chi connectivity index (χ0v) is 15.9. The molecule has 1 aromatic heterocycles. The molecular formula is C20H23FN4O4. The summed E-state index contributed by atoms with van der Waals surface area (Å²) < 4.78 is 24.3. The molecule has 0 saturated carbocycles. The van der Waals surface area contributed by atoms with Crippen molar-refractivity contribution >= 4 is 11.8 Å². The maximum absolute atomic E-state index is 13.0. The summed E-state index contributed by atoms with van der Waals surface area (Å²) in [5.74, 6) is 0.130. The smallest absolute Gasteiger partial charge is 0.271 e. The third kappa shape index (κ3) is 4.56. The molecule has 0 aliphatic carbocycles. The average Bonchev–Trinajstić information content (AvgIpc) is 3.29. The number of hydrogen-bond donors (Lipinski definition) is 1. The lowest BCUT2D eigenvalue weighted by Crippen LogP contribution is -2.55. The molecule has 8 nitrogen and oxygen atoms in total. The summed E-state index contributed by atoms with van der Waals surface area (Å²) >= 11 is 0. The third-order valence-electron chi connectivity index (χ3n) is 5.34. The minimum Gasteiger partial charge on any atom is -0.491 e. The fourth-order valence-corrected chi connectivity index (χ4v) is 3.75. The van der Waals surface area contributed by atoms with Crippen LogP contribution in [0.5, 0.6) is 5.75 Å². The predicted molar refractivity (Wildman–Crippen MR) is 101 cm³/mol. The highest BCUT2D eigenvalue weighted by atomic mass is 19.1. The number of ether oxygens (including phenoxy) is 2. The summed E-state index contributed by atoms with van der Waals surface area (Å²) in [6, 6.07) is 7.54. The lowest BCUT2D eigenvalue weighted by molar-refractivity contribution is -0.155. The molecule has 2 aliphatic rings. The van der Waals surface area contributed by atoms with Gasteiger partial charge in [0.2, 0.25) is 5.91 Å². The number of benzene rings is 1. The van der Waals surface area contributed by atoms with E-state index >= 15 is 0 Å². The number of nitrogens with one attached hydrogen (secondary N) is 1. The van der Waals surface area contributed by atoms with Gasteiger partial charge in [0.05, 0.1) is 6.54 Å².